The topological polar surface area (TPSA) is 0 Å². The first kappa shape index (κ1) is 20.2. The Morgan fingerprint density at radius 2 is 1.69 bits per heavy atom. The lowest BCUT2D eigenvalue weighted by molar-refractivity contribution is 0.689. The first-order valence-electron chi connectivity index (χ1n) is 9.91. The van der Waals surface area contributed by atoms with Gasteiger partial charge in [-0.15, -0.1) is 0 Å². The van der Waals surface area contributed by atoms with Gasteiger partial charge in [-0.1, -0.05) is 91.6 Å². The molecule has 26 heavy (non-hydrogen) atoms. The van der Waals surface area contributed by atoms with E-state index in [2.05, 4.69) is 96.2 Å². The largest absolute Gasteiger partial charge is 0.0785 e. The number of hydrogen-bond donors (Lipinski definition) is 0. The summed E-state index contributed by atoms with van der Waals surface area (Å²) in [7, 11) is 0. The van der Waals surface area contributed by atoms with E-state index < -0.39 is 0 Å². The maximum atomic E-state index is 2.44. The van der Waals surface area contributed by atoms with Gasteiger partial charge in [0.2, 0.25) is 0 Å². The van der Waals surface area contributed by atoms with E-state index in [9.17, 15) is 0 Å². The van der Waals surface area contributed by atoms with Crippen LogP contribution in [-0.2, 0) is 0 Å². The highest BCUT2D eigenvalue weighted by Crippen LogP contribution is 2.34. The van der Waals surface area contributed by atoms with Crippen molar-refractivity contribution in [3.8, 4) is 0 Å². The minimum atomic E-state index is 0.663. The van der Waals surface area contributed by atoms with Gasteiger partial charge in [-0.2, -0.15) is 0 Å². The molecule has 0 nitrogen and oxygen atoms in total. The van der Waals surface area contributed by atoms with Crippen molar-refractivity contribution in [3.05, 3.63) is 88.1 Å². The third-order valence-electron chi connectivity index (χ3n) is 5.05. The molecule has 0 aliphatic heterocycles. The predicted molar refractivity (Wildman–Crippen MR) is 117 cm³/mol. The van der Waals surface area contributed by atoms with E-state index in [0.29, 0.717) is 5.92 Å². The molecule has 0 heteroatoms. The molecule has 2 rings (SSSR count). The molecule has 1 unspecified atom stereocenters. The number of benzene rings is 1. The quantitative estimate of drug-likeness (QED) is 0.474. The number of aryl methyl sites for hydroxylation is 1. The van der Waals surface area contributed by atoms with Gasteiger partial charge in [-0.25, -0.2) is 0 Å². The van der Waals surface area contributed by atoms with Crippen LogP contribution in [0.15, 0.2) is 76.9 Å². The van der Waals surface area contributed by atoms with Gasteiger partial charge in [0, 0.05) is 0 Å². The fourth-order valence-corrected chi connectivity index (χ4v) is 3.25. The zero-order chi connectivity index (χ0) is 19.1. The molecule has 1 aromatic rings. The molecule has 0 N–H and O–H groups in total. The summed E-state index contributed by atoms with van der Waals surface area (Å²) in [4.78, 5) is 0. The third-order valence-corrected chi connectivity index (χ3v) is 5.05. The van der Waals surface area contributed by atoms with Gasteiger partial charge < -0.3 is 0 Å². The van der Waals surface area contributed by atoms with Crippen LogP contribution in [0.1, 0.15) is 65.0 Å². The summed E-state index contributed by atoms with van der Waals surface area (Å²) < 4.78 is 0. The summed E-state index contributed by atoms with van der Waals surface area (Å²) in [5.74, 6) is 0.663. The Balaban J connectivity index is 2.47. The lowest BCUT2D eigenvalue weighted by Crippen LogP contribution is -1.99. The van der Waals surface area contributed by atoms with Crippen LogP contribution in [0.2, 0.25) is 0 Å². The maximum absolute atomic E-state index is 2.44. The van der Waals surface area contributed by atoms with E-state index in [-0.39, 0.29) is 0 Å². The minimum absolute atomic E-state index is 0.663. The van der Waals surface area contributed by atoms with Gasteiger partial charge in [-0.3, -0.25) is 0 Å². The molecule has 0 radical (unpaired) electrons. The Morgan fingerprint density at radius 3 is 2.23 bits per heavy atom. The SMILES string of the molecule is CCC(C)C=C1C=CC(=C(C(C)=CC=C(C)C)c2ccc(C)cc2)CC1. The van der Waals surface area contributed by atoms with E-state index in [1.54, 1.807) is 0 Å². The van der Waals surface area contributed by atoms with Crippen LogP contribution in [-0.4, -0.2) is 0 Å². The third kappa shape index (κ3) is 5.73. The first-order valence-corrected chi connectivity index (χ1v) is 9.91. The summed E-state index contributed by atoms with van der Waals surface area (Å²) in [6.45, 7) is 13.2. The van der Waals surface area contributed by atoms with Gasteiger partial charge >= 0.3 is 0 Å². The molecular weight excluding hydrogens is 312 g/mol. The van der Waals surface area contributed by atoms with Crippen molar-refractivity contribution in [1.29, 1.82) is 0 Å². The molecule has 1 aromatic carbocycles. The standard InChI is InChI=1S/C26H34/c1-7-20(4)18-23-12-16-25(17-13-23)26(22(6)11-8-19(2)3)24-14-9-21(5)10-15-24/h8-12,14-16,18,20H,7,13,17H2,1-6H3. The lowest BCUT2D eigenvalue weighted by atomic mass is 9.86. The second kappa shape index (κ2) is 9.57. The maximum Gasteiger partial charge on any atom is -0.0123 e. The molecule has 0 amide bonds. The molecule has 0 spiro atoms. The summed E-state index contributed by atoms with van der Waals surface area (Å²) in [6.07, 6.45) is 15.0. The van der Waals surface area contributed by atoms with Gasteiger partial charge in [-0.05, 0) is 68.7 Å². The second-order valence-electron chi connectivity index (χ2n) is 7.82. The summed E-state index contributed by atoms with van der Waals surface area (Å²) in [5, 5.41) is 0. The highest BCUT2D eigenvalue weighted by molar-refractivity contribution is 5.83. The van der Waals surface area contributed by atoms with Gasteiger partial charge in [0.05, 0.1) is 0 Å². The molecule has 0 saturated heterocycles. The van der Waals surface area contributed by atoms with E-state index in [4.69, 9.17) is 0 Å². The van der Waals surface area contributed by atoms with Crippen LogP contribution in [0.5, 0.6) is 0 Å². The van der Waals surface area contributed by atoms with Crippen molar-refractivity contribution in [2.75, 3.05) is 0 Å². The number of allylic oxidation sites excluding steroid dienone is 10. The Hall–Kier alpha value is -2.08. The number of hydrogen-bond acceptors (Lipinski definition) is 0. The fourth-order valence-electron chi connectivity index (χ4n) is 3.25. The second-order valence-corrected chi connectivity index (χ2v) is 7.82. The minimum Gasteiger partial charge on any atom is -0.0785 e. The van der Waals surface area contributed by atoms with E-state index in [0.717, 1.165) is 12.8 Å². The van der Waals surface area contributed by atoms with E-state index in [1.807, 2.05) is 0 Å². The smallest absolute Gasteiger partial charge is 0.0123 e. The van der Waals surface area contributed by atoms with Crippen LogP contribution in [0.3, 0.4) is 0 Å². The van der Waals surface area contributed by atoms with Crippen molar-refractivity contribution >= 4 is 5.57 Å². The Bertz CT molecular complexity index is 757. The Kier molecular flexibility index (Phi) is 7.45. The Labute approximate surface area is 160 Å². The molecule has 1 aliphatic carbocycles. The van der Waals surface area contributed by atoms with Crippen LogP contribution >= 0.6 is 0 Å². The zero-order valence-corrected chi connectivity index (χ0v) is 17.4. The summed E-state index contributed by atoms with van der Waals surface area (Å²) >= 11 is 0. The number of rotatable bonds is 5. The van der Waals surface area contributed by atoms with Gasteiger partial charge in [0.15, 0.2) is 0 Å². The van der Waals surface area contributed by atoms with Crippen molar-refractivity contribution in [2.45, 2.75) is 60.8 Å². The monoisotopic (exact) mass is 346 g/mol. The van der Waals surface area contributed by atoms with Crippen LogP contribution in [0, 0.1) is 12.8 Å². The summed E-state index contributed by atoms with van der Waals surface area (Å²) in [5.41, 5.74) is 9.62. The molecule has 0 fully saturated rings. The van der Waals surface area contributed by atoms with Crippen molar-refractivity contribution in [2.24, 2.45) is 5.92 Å². The van der Waals surface area contributed by atoms with Crippen LogP contribution in [0.4, 0.5) is 0 Å². The van der Waals surface area contributed by atoms with Crippen LogP contribution in [0.25, 0.3) is 5.57 Å². The van der Waals surface area contributed by atoms with E-state index >= 15 is 0 Å². The van der Waals surface area contributed by atoms with Crippen molar-refractivity contribution < 1.29 is 0 Å². The molecule has 138 valence electrons. The highest BCUT2D eigenvalue weighted by Gasteiger charge is 2.13. The molecule has 1 atom stereocenters. The molecular formula is C26H34. The molecule has 0 heterocycles. The highest BCUT2D eigenvalue weighted by atomic mass is 14.2. The van der Waals surface area contributed by atoms with Gasteiger partial charge in [0.25, 0.3) is 0 Å². The Morgan fingerprint density at radius 1 is 1.00 bits per heavy atom. The molecule has 0 bridgehead atoms. The average molecular weight is 347 g/mol. The fraction of sp³-hybridized carbons (Fsp3) is 0.385. The van der Waals surface area contributed by atoms with E-state index in [1.165, 1.54) is 45.4 Å². The van der Waals surface area contributed by atoms with Crippen molar-refractivity contribution in [3.63, 3.8) is 0 Å². The average Bonchev–Trinajstić information content (AvgIpc) is 2.63. The lowest BCUT2D eigenvalue weighted by Gasteiger charge is -2.19. The molecule has 1 aliphatic rings. The first-order chi connectivity index (χ1) is 12.4. The van der Waals surface area contributed by atoms with Gasteiger partial charge in [0.1, 0.15) is 0 Å². The van der Waals surface area contributed by atoms with Crippen molar-refractivity contribution in [1.82, 2.24) is 0 Å². The normalized spacial score (nSPS) is 19.5. The predicted octanol–water partition coefficient (Wildman–Crippen LogP) is 7.98. The summed E-state index contributed by atoms with van der Waals surface area (Å²) in [6, 6.07) is 8.95. The van der Waals surface area contributed by atoms with Crippen LogP contribution < -0.4 is 0 Å². The molecule has 0 saturated carbocycles. The molecule has 0 aromatic heterocycles. The zero-order valence-electron chi connectivity index (χ0n) is 17.4.